The summed E-state index contributed by atoms with van der Waals surface area (Å²) in [4.78, 5) is 7.80. The fourth-order valence-electron chi connectivity index (χ4n) is 2.44. The van der Waals surface area contributed by atoms with Gasteiger partial charge in [-0.1, -0.05) is 12.1 Å². The summed E-state index contributed by atoms with van der Waals surface area (Å²) in [6.45, 7) is 1.99. The SMILES string of the molecule is COc1cc(NS(=O)(=O)c2ccc(NC(=S)Nc3cccc(C)c3)cc2)ncn1. The molecule has 0 bridgehead atoms. The zero-order valence-electron chi connectivity index (χ0n) is 15.7. The molecule has 0 saturated carbocycles. The Balaban J connectivity index is 1.66. The third-order valence-corrected chi connectivity index (χ3v) is 5.36. The summed E-state index contributed by atoms with van der Waals surface area (Å²) in [6, 6.07) is 15.4. The number of hydrogen-bond donors (Lipinski definition) is 3. The molecule has 0 aliphatic rings. The topological polar surface area (TPSA) is 105 Å². The third-order valence-electron chi connectivity index (χ3n) is 3.79. The van der Waals surface area contributed by atoms with Crippen LogP contribution in [0.25, 0.3) is 0 Å². The molecule has 2 aromatic carbocycles. The lowest BCUT2D eigenvalue weighted by Crippen LogP contribution is -2.19. The van der Waals surface area contributed by atoms with Gasteiger partial charge in [0, 0.05) is 17.4 Å². The van der Waals surface area contributed by atoms with Crippen molar-refractivity contribution in [2.75, 3.05) is 22.5 Å². The molecule has 0 aliphatic heterocycles. The molecule has 0 saturated heterocycles. The molecule has 0 spiro atoms. The molecule has 3 rings (SSSR count). The molecule has 29 heavy (non-hydrogen) atoms. The van der Waals surface area contributed by atoms with Crippen LogP contribution in [-0.2, 0) is 10.0 Å². The van der Waals surface area contributed by atoms with Gasteiger partial charge in [-0.3, -0.25) is 4.72 Å². The summed E-state index contributed by atoms with van der Waals surface area (Å²) >= 11 is 5.30. The summed E-state index contributed by atoms with van der Waals surface area (Å²) in [5, 5.41) is 6.50. The fourth-order valence-corrected chi connectivity index (χ4v) is 3.67. The van der Waals surface area contributed by atoms with Crippen LogP contribution in [0, 0.1) is 6.92 Å². The summed E-state index contributed by atoms with van der Waals surface area (Å²) in [5.74, 6) is 0.370. The van der Waals surface area contributed by atoms with E-state index in [0.717, 1.165) is 11.3 Å². The van der Waals surface area contributed by atoms with Crippen molar-refractivity contribution in [1.82, 2.24) is 9.97 Å². The first kappa shape index (κ1) is 20.5. The lowest BCUT2D eigenvalue weighted by Gasteiger charge is -2.12. The van der Waals surface area contributed by atoms with E-state index in [1.54, 1.807) is 12.1 Å². The van der Waals surface area contributed by atoms with Gasteiger partial charge in [0.2, 0.25) is 5.88 Å². The monoisotopic (exact) mass is 429 g/mol. The van der Waals surface area contributed by atoms with Crippen molar-refractivity contribution in [3.05, 3.63) is 66.5 Å². The number of methoxy groups -OCH3 is 1. The van der Waals surface area contributed by atoms with Crippen molar-refractivity contribution in [3.63, 3.8) is 0 Å². The average Bonchev–Trinajstić information content (AvgIpc) is 2.68. The van der Waals surface area contributed by atoms with Crippen molar-refractivity contribution in [2.45, 2.75) is 11.8 Å². The van der Waals surface area contributed by atoms with Crippen molar-refractivity contribution >= 4 is 44.5 Å². The molecule has 3 aromatic rings. The van der Waals surface area contributed by atoms with E-state index < -0.39 is 10.0 Å². The fraction of sp³-hybridized carbons (Fsp3) is 0.105. The average molecular weight is 430 g/mol. The minimum atomic E-state index is -3.81. The van der Waals surface area contributed by atoms with Crippen LogP contribution in [0.1, 0.15) is 5.56 Å². The van der Waals surface area contributed by atoms with E-state index in [9.17, 15) is 8.42 Å². The van der Waals surface area contributed by atoms with E-state index in [1.807, 2.05) is 31.2 Å². The number of ether oxygens (including phenoxy) is 1. The number of thiocarbonyl (C=S) groups is 1. The second-order valence-electron chi connectivity index (χ2n) is 6.02. The first-order chi connectivity index (χ1) is 13.9. The van der Waals surface area contributed by atoms with Crippen LogP contribution in [-0.4, -0.2) is 30.6 Å². The highest BCUT2D eigenvalue weighted by atomic mass is 32.2. The van der Waals surface area contributed by atoms with Crippen LogP contribution in [0.2, 0.25) is 0 Å². The molecule has 0 aliphatic carbocycles. The lowest BCUT2D eigenvalue weighted by atomic mass is 10.2. The standard InChI is InChI=1S/C19H19N5O3S2/c1-13-4-3-5-15(10-13)23-19(28)22-14-6-8-16(9-7-14)29(25,26)24-17-11-18(27-2)21-12-20-17/h3-12H,1-2H3,(H,20,21,24)(H2,22,23,28). The molecule has 1 heterocycles. The van der Waals surface area contributed by atoms with Crippen LogP contribution in [0.3, 0.4) is 0 Å². The first-order valence-electron chi connectivity index (χ1n) is 8.49. The Hall–Kier alpha value is -3.24. The maximum absolute atomic E-state index is 12.5. The molecule has 8 nitrogen and oxygen atoms in total. The van der Waals surface area contributed by atoms with Gasteiger partial charge in [-0.2, -0.15) is 0 Å². The van der Waals surface area contributed by atoms with Crippen LogP contribution in [0.5, 0.6) is 5.88 Å². The number of nitrogens with zero attached hydrogens (tertiary/aromatic N) is 2. The zero-order chi connectivity index (χ0) is 20.9. The number of rotatable bonds is 6. The maximum atomic E-state index is 12.5. The smallest absolute Gasteiger partial charge is 0.263 e. The minimum Gasteiger partial charge on any atom is -0.481 e. The normalized spacial score (nSPS) is 10.8. The number of sulfonamides is 1. The molecule has 0 atom stereocenters. The Bertz CT molecular complexity index is 1120. The Kier molecular flexibility index (Phi) is 6.25. The summed E-state index contributed by atoms with van der Waals surface area (Å²) in [6.07, 6.45) is 1.21. The van der Waals surface area contributed by atoms with Crippen LogP contribution in [0.15, 0.2) is 65.8 Å². The van der Waals surface area contributed by atoms with Gasteiger partial charge in [-0.05, 0) is 61.1 Å². The molecule has 0 radical (unpaired) electrons. The third kappa shape index (κ3) is 5.62. The van der Waals surface area contributed by atoms with Crippen LogP contribution < -0.4 is 20.1 Å². The number of aryl methyl sites for hydroxylation is 1. The maximum Gasteiger partial charge on any atom is 0.263 e. The number of nitrogens with one attached hydrogen (secondary N) is 3. The molecular weight excluding hydrogens is 410 g/mol. The van der Waals surface area contributed by atoms with Gasteiger partial charge in [0.25, 0.3) is 10.0 Å². The summed E-state index contributed by atoms with van der Waals surface area (Å²) in [7, 11) is -2.37. The van der Waals surface area contributed by atoms with E-state index >= 15 is 0 Å². The van der Waals surface area contributed by atoms with Gasteiger partial charge in [-0.15, -0.1) is 0 Å². The van der Waals surface area contributed by atoms with Crippen LogP contribution >= 0.6 is 12.2 Å². The quantitative estimate of drug-likeness (QED) is 0.512. The van der Waals surface area contributed by atoms with Gasteiger partial charge in [0.05, 0.1) is 12.0 Å². The molecule has 0 unspecified atom stereocenters. The molecule has 3 N–H and O–H groups in total. The largest absolute Gasteiger partial charge is 0.481 e. The van der Waals surface area contributed by atoms with E-state index in [1.165, 1.54) is 31.6 Å². The zero-order valence-corrected chi connectivity index (χ0v) is 17.3. The predicted octanol–water partition coefficient (Wildman–Crippen LogP) is 3.40. The minimum absolute atomic E-state index is 0.0817. The predicted molar refractivity (Wildman–Crippen MR) is 117 cm³/mol. The highest BCUT2D eigenvalue weighted by Gasteiger charge is 2.15. The molecule has 0 fully saturated rings. The van der Waals surface area contributed by atoms with Crippen molar-refractivity contribution in [1.29, 1.82) is 0 Å². The highest BCUT2D eigenvalue weighted by molar-refractivity contribution is 7.92. The second-order valence-corrected chi connectivity index (χ2v) is 8.11. The van der Waals surface area contributed by atoms with Gasteiger partial charge >= 0.3 is 0 Å². The number of anilines is 3. The molecular formula is C19H19N5O3S2. The van der Waals surface area contributed by atoms with E-state index in [4.69, 9.17) is 17.0 Å². The van der Waals surface area contributed by atoms with Crippen molar-refractivity contribution < 1.29 is 13.2 Å². The molecule has 0 amide bonds. The highest BCUT2D eigenvalue weighted by Crippen LogP contribution is 2.19. The number of hydrogen-bond acceptors (Lipinski definition) is 6. The van der Waals surface area contributed by atoms with Crippen molar-refractivity contribution in [2.24, 2.45) is 0 Å². The van der Waals surface area contributed by atoms with Crippen LogP contribution in [0.4, 0.5) is 17.2 Å². The van der Waals surface area contributed by atoms with Gasteiger partial charge in [0.1, 0.15) is 12.1 Å². The Morgan fingerprint density at radius 3 is 2.41 bits per heavy atom. The van der Waals surface area contributed by atoms with E-state index in [0.29, 0.717) is 10.8 Å². The summed E-state index contributed by atoms with van der Waals surface area (Å²) < 4.78 is 32.4. The van der Waals surface area contributed by atoms with Gasteiger partial charge < -0.3 is 15.4 Å². The van der Waals surface area contributed by atoms with Gasteiger partial charge in [-0.25, -0.2) is 18.4 Å². The molecule has 150 valence electrons. The Labute approximate surface area is 174 Å². The molecule has 10 heteroatoms. The van der Waals surface area contributed by atoms with E-state index in [-0.39, 0.29) is 16.6 Å². The number of aromatic nitrogens is 2. The lowest BCUT2D eigenvalue weighted by molar-refractivity contribution is 0.397. The Morgan fingerprint density at radius 1 is 1.00 bits per heavy atom. The number of benzene rings is 2. The van der Waals surface area contributed by atoms with Gasteiger partial charge in [0.15, 0.2) is 5.11 Å². The van der Waals surface area contributed by atoms with Crippen molar-refractivity contribution in [3.8, 4) is 5.88 Å². The molecule has 1 aromatic heterocycles. The van der Waals surface area contributed by atoms with E-state index in [2.05, 4.69) is 25.3 Å². The second kappa shape index (κ2) is 8.84. The summed E-state index contributed by atoms with van der Waals surface area (Å²) in [5.41, 5.74) is 2.63. The Morgan fingerprint density at radius 2 is 1.72 bits per heavy atom. The first-order valence-corrected chi connectivity index (χ1v) is 10.4.